The lowest BCUT2D eigenvalue weighted by Crippen LogP contribution is -2.40. The van der Waals surface area contributed by atoms with Gasteiger partial charge in [-0.25, -0.2) is 8.42 Å². The van der Waals surface area contributed by atoms with Crippen LogP contribution in [-0.4, -0.2) is 38.2 Å². The fourth-order valence-electron chi connectivity index (χ4n) is 1.54. The van der Waals surface area contributed by atoms with E-state index in [1.165, 1.54) is 13.1 Å². The first-order valence-corrected chi connectivity index (χ1v) is 7.98. The summed E-state index contributed by atoms with van der Waals surface area (Å²) in [7, 11) is -2.43. The highest BCUT2D eigenvalue weighted by Crippen LogP contribution is 2.26. The predicted molar refractivity (Wildman–Crippen MR) is 68.5 cm³/mol. The van der Waals surface area contributed by atoms with E-state index in [9.17, 15) is 18.0 Å². The topological polar surface area (TPSA) is 83.6 Å². The van der Waals surface area contributed by atoms with Crippen LogP contribution in [-0.2, 0) is 19.6 Å². The third-order valence-corrected chi connectivity index (χ3v) is 6.08. The van der Waals surface area contributed by atoms with Gasteiger partial charge in [0.1, 0.15) is 10.3 Å². The molecule has 0 saturated carbocycles. The van der Waals surface area contributed by atoms with Crippen molar-refractivity contribution in [3.05, 3.63) is 15.9 Å². The lowest BCUT2D eigenvalue weighted by atomic mass is 10.3. The zero-order valence-corrected chi connectivity index (χ0v) is 12.4. The minimum atomic E-state index is -3.76. The van der Waals surface area contributed by atoms with Crippen molar-refractivity contribution in [2.24, 2.45) is 0 Å². The summed E-state index contributed by atoms with van der Waals surface area (Å²) in [6.07, 6.45) is -0.138. The van der Waals surface area contributed by atoms with E-state index < -0.39 is 22.0 Å². The van der Waals surface area contributed by atoms with E-state index in [-0.39, 0.29) is 16.5 Å². The number of imide groups is 1. The number of likely N-dealkylation sites (N-methyl/N-ethyl adjacent to an activating group) is 1. The van der Waals surface area contributed by atoms with Crippen LogP contribution >= 0.6 is 27.3 Å². The Labute approximate surface area is 116 Å². The standard InChI is InChI=1S/C9H9BrN2O4S2/c1-12-7(13)4-5(9(12)14)11-18(15,16)8-3-2-6(10)17-8/h2-3,5,11H,4H2,1H3. The molecule has 6 nitrogen and oxygen atoms in total. The number of carbonyl (C=O) groups is 2. The van der Waals surface area contributed by atoms with E-state index in [0.29, 0.717) is 3.79 Å². The second-order valence-electron chi connectivity index (χ2n) is 3.73. The van der Waals surface area contributed by atoms with Crippen LogP contribution in [0.25, 0.3) is 0 Å². The Balaban J connectivity index is 2.20. The molecule has 1 atom stereocenters. The van der Waals surface area contributed by atoms with E-state index >= 15 is 0 Å². The Bertz CT molecular complexity index is 610. The van der Waals surface area contributed by atoms with E-state index in [0.717, 1.165) is 16.2 Å². The predicted octanol–water partition coefficient (Wildman–Crippen LogP) is 0.546. The maximum atomic E-state index is 12.0. The van der Waals surface area contributed by atoms with E-state index in [1.807, 2.05) is 0 Å². The summed E-state index contributed by atoms with van der Waals surface area (Å²) in [4.78, 5) is 23.8. The molecule has 1 fully saturated rings. The van der Waals surface area contributed by atoms with Crippen LogP contribution in [0.2, 0.25) is 0 Å². The number of sulfonamides is 1. The molecule has 1 aliphatic heterocycles. The average Bonchev–Trinajstić information content (AvgIpc) is 2.81. The molecule has 2 amide bonds. The molecule has 1 unspecified atom stereocenters. The van der Waals surface area contributed by atoms with E-state index in [1.54, 1.807) is 6.07 Å². The molecule has 0 radical (unpaired) electrons. The molecule has 9 heteroatoms. The Kier molecular flexibility index (Phi) is 3.58. The highest BCUT2D eigenvalue weighted by molar-refractivity contribution is 9.11. The molecule has 18 heavy (non-hydrogen) atoms. The van der Waals surface area contributed by atoms with Gasteiger partial charge in [0.2, 0.25) is 11.8 Å². The second kappa shape index (κ2) is 4.72. The fourth-order valence-corrected chi connectivity index (χ4v) is 4.75. The van der Waals surface area contributed by atoms with Gasteiger partial charge in [0.05, 0.1) is 10.2 Å². The van der Waals surface area contributed by atoms with Gasteiger partial charge in [0, 0.05) is 7.05 Å². The van der Waals surface area contributed by atoms with Crippen molar-refractivity contribution >= 4 is 49.1 Å². The minimum absolute atomic E-state index is 0.101. The van der Waals surface area contributed by atoms with Crippen molar-refractivity contribution in [3.63, 3.8) is 0 Å². The number of likely N-dealkylation sites (tertiary alicyclic amines) is 1. The molecule has 98 valence electrons. The summed E-state index contributed by atoms with van der Waals surface area (Å²) < 4.78 is 26.9. The molecule has 1 N–H and O–H groups in total. The molecule has 2 heterocycles. The quantitative estimate of drug-likeness (QED) is 0.805. The monoisotopic (exact) mass is 352 g/mol. The van der Waals surface area contributed by atoms with E-state index in [4.69, 9.17) is 0 Å². The molecule has 1 aromatic heterocycles. The van der Waals surface area contributed by atoms with Crippen LogP contribution in [0.3, 0.4) is 0 Å². The summed E-state index contributed by atoms with van der Waals surface area (Å²) in [5, 5.41) is 0. The smallest absolute Gasteiger partial charge is 0.250 e. The van der Waals surface area contributed by atoms with Gasteiger partial charge < -0.3 is 0 Å². The number of amides is 2. The zero-order chi connectivity index (χ0) is 13.5. The Morgan fingerprint density at radius 3 is 2.56 bits per heavy atom. The van der Waals surface area contributed by atoms with Crippen LogP contribution < -0.4 is 4.72 Å². The average molecular weight is 353 g/mol. The highest BCUT2D eigenvalue weighted by Gasteiger charge is 2.38. The van der Waals surface area contributed by atoms with Crippen molar-refractivity contribution in [2.75, 3.05) is 7.05 Å². The Morgan fingerprint density at radius 1 is 1.44 bits per heavy atom. The third kappa shape index (κ3) is 2.48. The van der Waals surface area contributed by atoms with Crippen LogP contribution in [0.15, 0.2) is 20.1 Å². The number of halogens is 1. The maximum absolute atomic E-state index is 12.0. The maximum Gasteiger partial charge on any atom is 0.250 e. The van der Waals surface area contributed by atoms with Crippen LogP contribution in [0, 0.1) is 0 Å². The first kappa shape index (κ1) is 13.7. The number of hydrogen-bond donors (Lipinski definition) is 1. The van der Waals surface area contributed by atoms with Crippen LogP contribution in [0.5, 0.6) is 0 Å². The van der Waals surface area contributed by atoms with Crippen molar-refractivity contribution in [1.29, 1.82) is 0 Å². The zero-order valence-electron chi connectivity index (χ0n) is 9.21. The fraction of sp³-hybridized carbons (Fsp3) is 0.333. The van der Waals surface area contributed by atoms with E-state index in [2.05, 4.69) is 20.7 Å². The number of nitrogens with zero attached hydrogens (tertiary/aromatic N) is 1. The van der Waals surface area contributed by atoms with Gasteiger partial charge in [0.15, 0.2) is 0 Å². The molecule has 1 aliphatic rings. The summed E-state index contributed by atoms with van der Waals surface area (Å²) in [5.74, 6) is -0.917. The summed E-state index contributed by atoms with van der Waals surface area (Å²) in [6, 6.07) is 2.03. The number of carbonyl (C=O) groups excluding carboxylic acids is 2. The largest absolute Gasteiger partial charge is 0.284 e. The van der Waals surface area contributed by atoms with Gasteiger partial charge >= 0.3 is 0 Å². The van der Waals surface area contributed by atoms with Crippen molar-refractivity contribution < 1.29 is 18.0 Å². The van der Waals surface area contributed by atoms with Gasteiger partial charge in [-0.05, 0) is 28.1 Å². The van der Waals surface area contributed by atoms with Gasteiger partial charge in [-0.3, -0.25) is 14.5 Å². The molecule has 2 rings (SSSR count). The van der Waals surface area contributed by atoms with Crippen molar-refractivity contribution in [1.82, 2.24) is 9.62 Å². The van der Waals surface area contributed by atoms with Gasteiger partial charge in [-0.2, -0.15) is 4.72 Å². The lowest BCUT2D eigenvalue weighted by Gasteiger charge is -2.10. The van der Waals surface area contributed by atoms with Gasteiger partial charge in [-0.15, -0.1) is 11.3 Å². The SMILES string of the molecule is CN1C(=O)CC(NS(=O)(=O)c2ccc(Br)s2)C1=O. The molecule has 1 saturated heterocycles. The van der Waals surface area contributed by atoms with Crippen LogP contribution in [0.4, 0.5) is 0 Å². The summed E-state index contributed by atoms with van der Waals surface area (Å²) in [5.41, 5.74) is 0. The summed E-state index contributed by atoms with van der Waals surface area (Å²) in [6.45, 7) is 0. The molecule has 0 bridgehead atoms. The van der Waals surface area contributed by atoms with Crippen LogP contribution in [0.1, 0.15) is 6.42 Å². The molecule has 0 aromatic carbocycles. The Hall–Kier alpha value is -0.770. The molecule has 0 aliphatic carbocycles. The minimum Gasteiger partial charge on any atom is -0.284 e. The molecular weight excluding hydrogens is 344 g/mol. The molecule has 1 aromatic rings. The highest BCUT2D eigenvalue weighted by atomic mass is 79.9. The number of rotatable bonds is 3. The van der Waals surface area contributed by atoms with Crippen molar-refractivity contribution in [3.8, 4) is 0 Å². The first-order valence-electron chi connectivity index (χ1n) is 4.89. The summed E-state index contributed by atoms with van der Waals surface area (Å²) >= 11 is 4.20. The number of nitrogens with one attached hydrogen (secondary N) is 1. The first-order chi connectivity index (χ1) is 8.31. The molecular formula is C9H9BrN2O4S2. The van der Waals surface area contributed by atoms with Gasteiger partial charge in [0.25, 0.3) is 10.0 Å². The second-order valence-corrected chi connectivity index (χ2v) is 8.13. The van der Waals surface area contributed by atoms with Gasteiger partial charge in [-0.1, -0.05) is 0 Å². The number of hydrogen-bond acceptors (Lipinski definition) is 5. The normalized spacial score (nSPS) is 20.8. The lowest BCUT2D eigenvalue weighted by molar-refractivity contribution is -0.137. The number of thiophene rings is 1. The Morgan fingerprint density at radius 2 is 2.11 bits per heavy atom. The third-order valence-electron chi connectivity index (χ3n) is 2.49. The molecule has 0 spiro atoms. The van der Waals surface area contributed by atoms with Crippen molar-refractivity contribution in [2.45, 2.75) is 16.7 Å².